The topological polar surface area (TPSA) is 103 Å². The molecule has 0 bridgehead atoms. The second-order valence-corrected chi connectivity index (χ2v) is 8.19. The van der Waals surface area contributed by atoms with Gasteiger partial charge in [0.2, 0.25) is 10.0 Å². The van der Waals surface area contributed by atoms with Crippen molar-refractivity contribution in [1.29, 1.82) is 0 Å². The van der Waals surface area contributed by atoms with Gasteiger partial charge >= 0.3 is 0 Å². The minimum absolute atomic E-state index is 0. The first-order valence-corrected chi connectivity index (χ1v) is 10.9. The third-order valence-electron chi connectivity index (χ3n) is 3.60. The van der Waals surface area contributed by atoms with Crippen molar-refractivity contribution in [3.05, 3.63) is 35.4 Å². The van der Waals surface area contributed by atoms with E-state index in [-0.39, 0.29) is 29.9 Å². The van der Waals surface area contributed by atoms with Crippen LogP contribution >= 0.6 is 24.0 Å². The molecule has 1 aromatic carbocycles. The molecule has 1 aromatic rings. The van der Waals surface area contributed by atoms with Crippen LogP contribution in [0.25, 0.3) is 0 Å². The van der Waals surface area contributed by atoms with E-state index < -0.39 is 10.0 Å². The monoisotopic (exact) mass is 525 g/mol. The van der Waals surface area contributed by atoms with Gasteiger partial charge in [0.05, 0.1) is 6.26 Å². The number of sulfonamides is 1. The lowest BCUT2D eigenvalue weighted by atomic mass is 10.1. The number of nitrogens with zero attached hydrogens (tertiary/aromatic N) is 2. The summed E-state index contributed by atoms with van der Waals surface area (Å²) >= 11 is 0. The van der Waals surface area contributed by atoms with Crippen molar-refractivity contribution in [2.24, 2.45) is 4.99 Å². The molecule has 1 rings (SSSR count). The van der Waals surface area contributed by atoms with E-state index in [1.54, 1.807) is 19.0 Å². The molecule has 160 valence electrons. The highest BCUT2D eigenvalue weighted by molar-refractivity contribution is 14.0. The lowest BCUT2D eigenvalue weighted by Crippen LogP contribution is -2.38. The Balaban J connectivity index is 0.00000729. The summed E-state index contributed by atoms with van der Waals surface area (Å²) in [4.78, 5) is 18.0. The molecule has 3 N–H and O–H groups in total. The first-order chi connectivity index (χ1) is 12.7. The molecule has 0 aliphatic rings. The molecule has 0 spiro atoms. The Kier molecular flexibility index (Phi) is 13.0. The molecule has 0 unspecified atom stereocenters. The van der Waals surface area contributed by atoms with E-state index in [0.717, 1.165) is 24.8 Å². The van der Waals surface area contributed by atoms with Crippen LogP contribution < -0.4 is 15.4 Å². The van der Waals surface area contributed by atoms with Crippen LogP contribution in [0, 0.1) is 0 Å². The zero-order valence-corrected chi connectivity index (χ0v) is 20.1. The summed E-state index contributed by atoms with van der Waals surface area (Å²) in [7, 11) is 0.323. The number of carbonyl (C=O) groups excluding carboxylic acids is 1. The largest absolute Gasteiger partial charge is 0.357 e. The van der Waals surface area contributed by atoms with Crippen molar-refractivity contribution >= 4 is 45.9 Å². The van der Waals surface area contributed by atoms with E-state index >= 15 is 0 Å². The first kappa shape index (κ1) is 26.6. The molecule has 0 saturated heterocycles. The highest BCUT2D eigenvalue weighted by atomic mass is 127. The molecule has 1 amide bonds. The van der Waals surface area contributed by atoms with Crippen molar-refractivity contribution in [3.8, 4) is 0 Å². The number of amides is 1. The fourth-order valence-electron chi connectivity index (χ4n) is 2.31. The summed E-state index contributed by atoms with van der Waals surface area (Å²) in [6.45, 7) is 4.28. The lowest BCUT2D eigenvalue weighted by molar-refractivity contribution is 0.0827. The molecule has 10 heteroatoms. The zero-order chi connectivity index (χ0) is 20.3. The van der Waals surface area contributed by atoms with Crippen LogP contribution in [0.3, 0.4) is 0 Å². The number of hydrogen-bond donors (Lipinski definition) is 3. The molecule has 28 heavy (non-hydrogen) atoms. The predicted octanol–water partition coefficient (Wildman–Crippen LogP) is 1.04. The van der Waals surface area contributed by atoms with Gasteiger partial charge in [-0.2, -0.15) is 0 Å². The molecule has 0 aliphatic heterocycles. The molecular formula is C18H32IN5O3S. The van der Waals surface area contributed by atoms with Gasteiger partial charge in [-0.05, 0) is 37.5 Å². The van der Waals surface area contributed by atoms with Gasteiger partial charge in [-0.15, -0.1) is 24.0 Å². The van der Waals surface area contributed by atoms with Gasteiger partial charge in [0.1, 0.15) is 0 Å². The second kappa shape index (κ2) is 13.7. The predicted molar refractivity (Wildman–Crippen MR) is 125 cm³/mol. The average Bonchev–Trinajstić information content (AvgIpc) is 2.60. The van der Waals surface area contributed by atoms with Crippen LogP contribution in [0.2, 0.25) is 0 Å². The third-order valence-corrected chi connectivity index (χ3v) is 4.33. The van der Waals surface area contributed by atoms with Gasteiger partial charge in [0.15, 0.2) is 5.96 Å². The zero-order valence-electron chi connectivity index (χ0n) is 17.0. The van der Waals surface area contributed by atoms with Crippen molar-refractivity contribution < 1.29 is 13.2 Å². The Labute approximate surface area is 185 Å². The maximum absolute atomic E-state index is 12.0. The number of nitrogens with one attached hydrogen (secondary N) is 3. The van der Waals surface area contributed by atoms with Gasteiger partial charge < -0.3 is 15.5 Å². The molecular weight excluding hydrogens is 493 g/mol. The van der Waals surface area contributed by atoms with Gasteiger partial charge in [-0.1, -0.05) is 12.1 Å². The number of aliphatic imine (C=N–C) groups is 1. The van der Waals surface area contributed by atoms with Crippen LogP contribution in [0.5, 0.6) is 0 Å². The summed E-state index contributed by atoms with van der Waals surface area (Å²) in [5, 5.41) is 6.41. The number of hydrogen-bond acceptors (Lipinski definition) is 4. The van der Waals surface area contributed by atoms with Crippen molar-refractivity contribution in [1.82, 2.24) is 20.3 Å². The van der Waals surface area contributed by atoms with Gasteiger partial charge in [-0.3, -0.25) is 9.79 Å². The summed E-state index contributed by atoms with van der Waals surface area (Å²) in [6.07, 6.45) is 2.52. The Morgan fingerprint density at radius 3 is 2.50 bits per heavy atom. The summed E-state index contributed by atoms with van der Waals surface area (Å²) < 4.78 is 24.5. The SMILES string of the molecule is CCNC(=NCCCNS(C)(=O)=O)NCCc1cccc(C(=O)N(C)C)c1.I. The average molecular weight is 525 g/mol. The normalized spacial score (nSPS) is 11.5. The van der Waals surface area contributed by atoms with Crippen LogP contribution in [0.4, 0.5) is 0 Å². The van der Waals surface area contributed by atoms with Gasteiger partial charge in [-0.25, -0.2) is 13.1 Å². The van der Waals surface area contributed by atoms with Crippen LogP contribution in [0.15, 0.2) is 29.3 Å². The smallest absolute Gasteiger partial charge is 0.253 e. The van der Waals surface area contributed by atoms with Crippen molar-refractivity contribution in [3.63, 3.8) is 0 Å². The highest BCUT2D eigenvalue weighted by Gasteiger charge is 2.08. The summed E-state index contributed by atoms with van der Waals surface area (Å²) in [6, 6.07) is 7.61. The van der Waals surface area contributed by atoms with E-state index in [4.69, 9.17) is 0 Å². The Morgan fingerprint density at radius 1 is 1.18 bits per heavy atom. The summed E-state index contributed by atoms with van der Waals surface area (Å²) in [5.74, 6) is 0.680. The fourth-order valence-corrected chi connectivity index (χ4v) is 2.83. The van der Waals surface area contributed by atoms with E-state index in [1.807, 2.05) is 31.2 Å². The second-order valence-electron chi connectivity index (χ2n) is 6.36. The van der Waals surface area contributed by atoms with Gasteiger partial charge in [0.25, 0.3) is 5.91 Å². The Bertz CT molecular complexity index is 738. The van der Waals surface area contributed by atoms with Gasteiger partial charge in [0, 0.05) is 45.8 Å². The highest BCUT2D eigenvalue weighted by Crippen LogP contribution is 2.07. The van der Waals surface area contributed by atoms with Crippen LogP contribution in [0.1, 0.15) is 29.3 Å². The standard InChI is InChI=1S/C18H31N5O3S.HI/c1-5-19-18(20-11-7-12-22-27(4,25)26)21-13-10-15-8-6-9-16(14-15)17(24)23(2)3;/h6,8-9,14,22H,5,7,10-13H2,1-4H3,(H2,19,20,21);1H. The molecule has 8 nitrogen and oxygen atoms in total. The number of benzene rings is 1. The molecule has 0 fully saturated rings. The molecule has 0 radical (unpaired) electrons. The van der Waals surface area contributed by atoms with E-state index in [2.05, 4.69) is 20.3 Å². The number of halogens is 1. The fraction of sp³-hybridized carbons (Fsp3) is 0.556. The maximum atomic E-state index is 12.0. The molecule has 0 aliphatic carbocycles. The molecule has 0 saturated carbocycles. The lowest BCUT2D eigenvalue weighted by Gasteiger charge is -2.13. The minimum atomic E-state index is -3.15. The first-order valence-electron chi connectivity index (χ1n) is 9.00. The maximum Gasteiger partial charge on any atom is 0.253 e. The number of guanidine groups is 1. The quantitative estimate of drug-likeness (QED) is 0.184. The minimum Gasteiger partial charge on any atom is -0.357 e. The molecule has 0 atom stereocenters. The molecule has 0 aromatic heterocycles. The number of carbonyl (C=O) groups is 1. The molecule has 0 heterocycles. The van der Waals surface area contributed by atoms with E-state index in [0.29, 0.717) is 37.6 Å². The van der Waals surface area contributed by atoms with E-state index in [9.17, 15) is 13.2 Å². The summed E-state index contributed by atoms with van der Waals surface area (Å²) in [5.41, 5.74) is 1.75. The van der Waals surface area contributed by atoms with Crippen molar-refractivity contribution in [2.75, 3.05) is 46.5 Å². The number of rotatable bonds is 10. The van der Waals surface area contributed by atoms with Crippen LogP contribution in [-0.2, 0) is 16.4 Å². The van der Waals surface area contributed by atoms with Crippen LogP contribution in [-0.4, -0.2) is 71.7 Å². The Morgan fingerprint density at radius 2 is 1.89 bits per heavy atom. The van der Waals surface area contributed by atoms with Crippen molar-refractivity contribution in [2.45, 2.75) is 19.8 Å². The third kappa shape index (κ3) is 11.4. The Hall–Kier alpha value is -1.40. The van der Waals surface area contributed by atoms with E-state index in [1.165, 1.54) is 0 Å².